The number of rotatable bonds is 6. The molecule has 2 amide bonds. The van der Waals surface area contributed by atoms with Crippen LogP contribution in [0.5, 0.6) is 0 Å². The topological polar surface area (TPSA) is 67.2 Å². The Hall–Kier alpha value is -3.55. The molecule has 0 unspecified atom stereocenters. The highest BCUT2D eigenvalue weighted by molar-refractivity contribution is 8.00. The van der Waals surface area contributed by atoms with Crippen LogP contribution in [0, 0.1) is 13.8 Å². The number of nitrogens with one attached hydrogen (secondary N) is 1. The van der Waals surface area contributed by atoms with E-state index in [2.05, 4.69) is 25.2 Å². The second-order valence-corrected chi connectivity index (χ2v) is 11.6. The van der Waals surface area contributed by atoms with E-state index < -0.39 is 0 Å². The molecule has 0 fully saturated rings. The van der Waals surface area contributed by atoms with Crippen molar-refractivity contribution in [2.24, 2.45) is 0 Å². The minimum Gasteiger partial charge on any atom is -0.352 e. The maximum atomic E-state index is 13.8. The standard InChI is InChI=1S/C31H31ClN4O2S/c1-19(2)33-26(37)17-35-27(38)18-39-30(23-13-9-14-24(32)16-23)28-29(22-11-6-5-7-12-22)34-36(31(28)35)25-15-8-10-20(3)21(25)4/h5-16,19,30H,17-18H2,1-4H3,(H,33,37)/t30-/m0/s1. The predicted molar refractivity (Wildman–Crippen MR) is 160 cm³/mol. The van der Waals surface area contributed by atoms with Crippen LogP contribution < -0.4 is 10.2 Å². The number of thioether (sulfide) groups is 1. The number of fused-ring (bicyclic) bond motifs is 1. The van der Waals surface area contributed by atoms with E-state index in [4.69, 9.17) is 16.7 Å². The van der Waals surface area contributed by atoms with E-state index in [1.807, 2.05) is 85.3 Å². The van der Waals surface area contributed by atoms with Gasteiger partial charge in [-0.15, -0.1) is 11.8 Å². The zero-order valence-electron chi connectivity index (χ0n) is 22.4. The molecule has 0 aliphatic carbocycles. The highest BCUT2D eigenvalue weighted by Gasteiger charge is 2.38. The van der Waals surface area contributed by atoms with Gasteiger partial charge >= 0.3 is 0 Å². The molecule has 1 N–H and O–H groups in total. The van der Waals surface area contributed by atoms with Crippen molar-refractivity contribution in [1.82, 2.24) is 15.1 Å². The molecule has 39 heavy (non-hydrogen) atoms. The van der Waals surface area contributed by atoms with Crippen LogP contribution in [0.1, 0.15) is 41.4 Å². The van der Waals surface area contributed by atoms with Gasteiger partial charge in [-0.2, -0.15) is 5.10 Å². The van der Waals surface area contributed by atoms with Crippen molar-refractivity contribution in [3.8, 4) is 16.9 Å². The first-order valence-corrected chi connectivity index (χ1v) is 14.4. The van der Waals surface area contributed by atoms with Gasteiger partial charge in [-0.25, -0.2) is 4.68 Å². The predicted octanol–water partition coefficient (Wildman–Crippen LogP) is 6.50. The van der Waals surface area contributed by atoms with E-state index >= 15 is 0 Å². The lowest BCUT2D eigenvalue weighted by Crippen LogP contribution is -2.44. The highest BCUT2D eigenvalue weighted by Crippen LogP contribution is 2.49. The lowest BCUT2D eigenvalue weighted by molar-refractivity contribution is -0.123. The molecule has 0 spiro atoms. The van der Waals surface area contributed by atoms with Gasteiger partial charge in [-0.3, -0.25) is 14.5 Å². The third-order valence-electron chi connectivity index (χ3n) is 6.84. The minimum atomic E-state index is -0.227. The first kappa shape index (κ1) is 27.0. The Morgan fingerprint density at radius 2 is 1.82 bits per heavy atom. The number of aromatic nitrogens is 2. The van der Waals surface area contributed by atoms with Crippen molar-refractivity contribution in [3.05, 3.63) is 100 Å². The first-order valence-electron chi connectivity index (χ1n) is 13.0. The van der Waals surface area contributed by atoms with Crippen LogP contribution in [-0.2, 0) is 9.59 Å². The number of carbonyl (C=O) groups excluding carboxylic acids is 2. The summed E-state index contributed by atoms with van der Waals surface area (Å²) in [5.41, 5.74) is 6.61. The Morgan fingerprint density at radius 3 is 2.54 bits per heavy atom. The van der Waals surface area contributed by atoms with Crippen molar-refractivity contribution in [3.63, 3.8) is 0 Å². The molecule has 1 aromatic heterocycles. The zero-order chi connectivity index (χ0) is 27.7. The summed E-state index contributed by atoms with van der Waals surface area (Å²) in [6.07, 6.45) is 0. The number of halogens is 1. The number of anilines is 1. The molecule has 4 aromatic rings. The lowest BCUT2D eigenvalue weighted by atomic mass is 9.99. The monoisotopic (exact) mass is 558 g/mol. The molecule has 0 bridgehead atoms. The van der Waals surface area contributed by atoms with E-state index in [0.29, 0.717) is 10.8 Å². The SMILES string of the molecule is Cc1cccc(-n2nc(-c3ccccc3)c3c2N(CC(=O)NC(C)C)C(=O)CS[C@H]3c2cccc(Cl)c2)c1C. The maximum Gasteiger partial charge on any atom is 0.240 e. The van der Waals surface area contributed by atoms with Crippen LogP contribution in [0.2, 0.25) is 5.02 Å². The number of nitrogens with zero attached hydrogens (tertiary/aromatic N) is 3. The van der Waals surface area contributed by atoms with E-state index in [1.165, 1.54) is 11.8 Å². The van der Waals surface area contributed by atoms with Gasteiger partial charge in [0.15, 0.2) is 0 Å². The number of benzene rings is 3. The molecule has 0 saturated heterocycles. The number of hydrogen-bond donors (Lipinski definition) is 1. The summed E-state index contributed by atoms with van der Waals surface area (Å²) in [5, 5.41) is 8.51. The van der Waals surface area contributed by atoms with Gasteiger partial charge in [0, 0.05) is 22.2 Å². The summed E-state index contributed by atoms with van der Waals surface area (Å²) in [6.45, 7) is 7.83. The van der Waals surface area contributed by atoms with Crippen molar-refractivity contribution in [1.29, 1.82) is 0 Å². The molecule has 1 atom stereocenters. The number of amides is 2. The molecule has 0 saturated carbocycles. The van der Waals surface area contributed by atoms with E-state index in [0.717, 1.165) is 39.2 Å². The van der Waals surface area contributed by atoms with Crippen LogP contribution in [-0.4, -0.2) is 39.9 Å². The maximum absolute atomic E-state index is 13.8. The van der Waals surface area contributed by atoms with Gasteiger partial charge in [0.1, 0.15) is 12.4 Å². The third kappa shape index (κ3) is 5.47. The first-order chi connectivity index (χ1) is 18.7. The van der Waals surface area contributed by atoms with Crippen LogP contribution in [0.25, 0.3) is 16.9 Å². The Labute approximate surface area is 238 Å². The average Bonchev–Trinajstić information content (AvgIpc) is 3.22. The van der Waals surface area contributed by atoms with Gasteiger partial charge in [0.25, 0.3) is 0 Å². The second kappa shape index (κ2) is 11.3. The minimum absolute atomic E-state index is 0.0450. The molecular formula is C31H31ClN4O2S. The quantitative estimate of drug-likeness (QED) is 0.293. The Bertz CT molecular complexity index is 1530. The fourth-order valence-electron chi connectivity index (χ4n) is 4.91. The third-order valence-corrected chi connectivity index (χ3v) is 8.33. The molecule has 3 aromatic carbocycles. The molecule has 6 nitrogen and oxygen atoms in total. The fraction of sp³-hybridized carbons (Fsp3) is 0.258. The summed E-state index contributed by atoms with van der Waals surface area (Å²) in [5.74, 6) is 0.463. The van der Waals surface area contributed by atoms with Gasteiger partial charge in [-0.1, -0.05) is 66.2 Å². The molecule has 200 valence electrons. The molecule has 1 aliphatic rings. The summed E-state index contributed by atoms with van der Waals surface area (Å²) in [7, 11) is 0. The average molecular weight is 559 g/mol. The van der Waals surface area contributed by atoms with Crippen molar-refractivity contribution in [2.75, 3.05) is 17.2 Å². The van der Waals surface area contributed by atoms with Crippen LogP contribution in [0.15, 0.2) is 72.8 Å². The summed E-state index contributed by atoms with van der Waals surface area (Å²) in [6, 6.07) is 23.7. The Morgan fingerprint density at radius 1 is 1.08 bits per heavy atom. The van der Waals surface area contributed by atoms with Gasteiger partial charge in [0.05, 0.1) is 22.4 Å². The highest BCUT2D eigenvalue weighted by atomic mass is 35.5. The van der Waals surface area contributed by atoms with Gasteiger partial charge < -0.3 is 5.32 Å². The second-order valence-electron chi connectivity index (χ2n) is 10.0. The van der Waals surface area contributed by atoms with Crippen molar-refractivity contribution >= 4 is 41.0 Å². The van der Waals surface area contributed by atoms with Crippen molar-refractivity contribution in [2.45, 2.75) is 39.0 Å². The van der Waals surface area contributed by atoms with E-state index in [-0.39, 0.29) is 35.4 Å². The molecule has 1 aliphatic heterocycles. The molecule has 8 heteroatoms. The molecule has 2 heterocycles. The Balaban J connectivity index is 1.84. The zero-order valence-corrected chi connectivity index (χ0v) is 24.0. The van der Waals surface area contributed by atoms with Crippen LogP contribution in [0.3, 0.4) is 0 Å². The molecule has 5 rings (SSSR count). The van der Waals surface area contributed by atoms with Crippen LogP contribution in [0.4, 0.5) is 5.82 Å². The lowest BCUT2D eigenvalue weighted by Gasteiger charge is -2.24. The van der Waals surface area contributed by atoms with E-state index in [1.54, 1.807) is 4.90 Å². The molecule has 0 radical (unpaired) electrons. The normalized spacial score (nSPS) is 15.3. The summed E-state index contributed by atoms with van der Waals surface area (Å²) >= 11 is 7.97. The summed E-state index contributed by atoms with van der Waals surface area (Å²) < 4.78 is 1.85. The number of hydrogen-bond acceptors (Lipinski definition) is 4. The number of aryl methyl sites for hydroxylation is 1. The number of carbonyl (C=O) groups is 2. The van der Waals surface area contributed by atoms with Gasteiger partial charge in [0.2, 0.25) is 11.8 Å². The largest absolute Gasteiger partial charge is 0.352 e. The van der Waals surface area contributed by atoms with Gasteiger partial charge in [-0.05, 0) is 62.6 Å². The van der Waals surface area contributed by atoms with Crippen molar-refractivity contribution < 1.29 is 9.59 Å². The Kier molecular flexibility index (Phi) is 7.82. The van der Waals surface area contributed by atoms with E-state index in [9.17, 15) is 9.59 Å². The smallest absolute Gasteiger partial charge is 0.240 e. The van der Waals surface area contributed by atoms with Crippen LogP contribution >= 0.6 is 23.4 Å². The molecular weight excluding hydrogens is 528 g/mol. The fourth-order valence-corrected chi connectivity index (χ4v) is 6.29. The summed E-state index contributed by atoms with van der Waals surface area (Å²) in [4.78, 5) is 28.5.